The lowest BCUT2D eigenvalue weighted by atomic mass is 10.1. The van der Waals surface area contributed by atoms with Crippen molar-refractivity contribution in [2.24, 2.45) is 0 Å². The molecule has 5 heteroatoms. The Bertz CT molecular complexity index is 772. The van der Waals surface area contributed by atoms with Crippen molar-refractivity contribution in [3.63, 3.8) is 0 Å². The minimum Gasteiger partial charge on any atom is -0.497 e. The Balaban J connectivity index is 1.86. The molecule has 0 fully saturated rings. The van der Waals surface area contributed by atoms with Gasteiger partial charge in [-0.25, -0.2) is 0 Å². The topological polar surface area (TPSA) is 44.8 Å². The summed E-state index contributed by atoms with van der Waals surface area (Å²) in [6.45, 7) is 2.17. The van der Waals surface area contributed by atoms with Gasteiger partial charge >= 0.3 is 5.97 Å². The molecule has 1 aliphatic carbocycles. The summed E-state index contributed by atoms with van der Waals surface area (Å²) in [5.41, 5.74) is 3.31. The predicted molar refractivity (Wildman–Crippen MR) is 99.2 cm³/mol. The Morgan fingerprint density at radius 1 is 1.24 bits per heavy atom. The monoisotopic (exact) mass is 404 g/mol. The summed E-state index contributed by atoms with van der Waals surface area (Å²) < 4.78 is 17.7. The third kappa shape index (κ3) is 4.15. The first-order valence-corrected chi connectivity index (χ1v) is 9.17. The fraction of sp³-hybridized carbons (Fsp3) is 0.350. The maximum absolute atomic E-state index is 11.9. The van der Waals surface area contributed by atoms with Crippen molar-refractivity contribution >= 4 is 21.9 Å². The van der Waals surface area contributed by atoms with E-state index in [0.29, 0.717) is 18.1 Å². The summed E-state index contributed by atoms with van der Waals surface area (Å²) in [6, 6.07) is 11.8. The molecule has 0 bridgehead atoms. The van der Waals surface area contributed by atoms with Crippen molar-refractivity contribution in [3.8, 4) is 11.5 Å². The van der Waals surface area contributed by atoms with Crippen molar-refractivity contribution in [1.82, 2.24) is 0 Å². The van der Waals surface area contributed by atoms with Gasteiger partial charge in [-0.3, -0.25) is 4.79 Å². The molecular formula is C20H21BrO4. The van der Waals surface area contributed by atoms with Crippen molar-refractivity contribution in [2.75, 3.05) is 13.7 Å². The molecule has 0 aromatic heterocycles. The first kappa shape index (κ1) is 17.8. The summed E-state index contributed by atoms with van der Waals surface area (Å²) in [6.07, 6.45) is 2.07. The lowest BCUT2D eigenvalue weighted by Gasteiger charge is -2.18. The van der Waals surface area contributed by atoms with E-state index >= 15 is 0 Å². The molecule has 4 nitrogen and oxygen atoms in total. The third-order valence-electron chi connectivity index (χ3n) is 4.31. The number of hydrogen-bond acceptors (Lipinski definition) is 4. The van der Waals surface area contributed by atoms with Gasteiger partial charge in [0.25, 0.3) is 0 Å². The smallest absolute Gasteiger partial charge is 0.310 e. The highest BCUT2D eigenvalue weighted by Gasteiger charge is 2.25. The first-order valence-electron chi connectivity index (χ1n) is 8.38. The Morgan fingerprint density at radius 3 is 2.84 bits per heavy atom. The van der Waals surface area contributed by atoms with Crippen LogP contribution in [0.1, 0.15) is 36.1 Å². The Hall–Kier alpha value is -2.01. The molecule has 0 amide bonds. The Labute approximate surface area is 156 Å². The van der Waals surface area contributed by atoms with E-state index in [-0.39, 0.29) is 18.5 Å². The second kappa shape index (κ2) is 7.91. The molecule has 0 heterocycles. The minimum absolute atomic E-state index is 0.0273. The fourth-order valence-corrected chi connectivity index (χ4v) is 3.47. The van der Waals surface area contributed by atoms with E-state index in [1.165, 1.54) is 11.1 Å². The van der Waals surface area contributed by atoms with E-state index in [1.807, 2.05) is 18.2 Å². The molecule has 0 N–H and O–H groups in total. The first-order chi connectivity index (χ1) is 12.1. The zero-order valence-corrected chi connectivity index (χ0v) is 16.0. The molecule has 0 spiro atoms. The number of hydrogen-bond donors (Lipinski definition) is 0. The molecule has 0 unspecified atom stereocenters. The van der Waals surface area contributed by atoms with Crippen LogP contribution in [0, 0.1) is 0 Å². The molecule has 132 valence electrons. The van der Waals surface area contributed by atoms with Crippen LogP contribution in [0.2, 0.25) is 0 Å². The average molecular weight is 405 g/mol. The molecule has 1 aliphatic rings. The standard InChI is InChI=1S/C20H21BrO4/c1-3-24-20(22)10-14-5-8-16(23-2)12-19(14)25-18-9-6-13-4-7-15(21)11-17(13)18/h4-5,7-8,11-12,18H,3,6,9-10H2,1-2H3/t18-/m1/s1. The lowest BCUT2D eigenvalue weighted by Crippen LogP contribution is -2.11. The van der Waals surface area contributed by atoms with Crippen LogP contribution in [-0.2, 0) is 22.4 Å². The van der Waals surface area contributed by atoms with Gasteiger partial charge in [-0.05, 0) is 49.1 Å². The molecule has 0 saturated heterocycles. The number of methoxy groups -OCH3 is 1. The molecule has 0 radical (unpaired) electrons. The number of carbonyl (C=O) groups is 1. The number of fused-ring (bicyclic) bond motifs is 1. The zero-order chi connectivity index (χ0) is 17.8. The quantitative estimate of drug-likeness (QED) is 0.658. The van der Waals surface area contributed by atoms with E-state index in [2.05, 4.69) is 34.1 Å². The molecule has 25 heavy (non-hydrogen) atoms. The van der Waals surface area contributed by atoms with Crippen molar-refractivity contribution in [3.05, 3.63) is 57.6 Å². The summed E-state index contributed by atoms with van der Waals surface area (Å²) in [5, 5.41) is 0. The van der Waals surface area contributed by atoms with E-state index < -0.39 is 0 Å². The molecule has 0 saturated carbocycles. The highest BCUT2D eigenvalue weighted by molar-refractivity contribution is 9.10. The van der Waals surface area contributed by atoms with E-state index in [0.717, 1.165) is 22.9 Å². The number of halogens is 1. The Kier molecular flexibility index (Phi) is 5.63. The predicted octanol–water partition coefficient (Wildman–Crippen LogP) is 4.63. The molecule has 3 rings (SSSR count). The van der Waals surface area contributed by atoms with Crippen molar-refractivity contribution < 1.29 is 19.0 Å². The van der Waals surface area contributed by atoms with Crippen LogP contribution in [0.3, 0.4) is 0 Å². The maximum atomic E-state index is 11.9. The van der Waals surface area contributed by atoms with Crippen LogP contribution in [0.5, 0.6) is 11.5 Å². The largest absolute Gasteiger partial charge is 0.497 e. The SMILES string of the molecule is CCOC(=O)Cc1ccc(OC)cc1O[C@@H]1CCc2ccc(Br)cc21. The van der Waals surface area contributed by atoms with Crippen LogP contribution in [0.25, 0.3) is 0 Å². The average Bonchev–Trinajstić information content (AvgIpc) is 2.98. The molecule has 0 aliphatic heterocycles. The van der Waals surface area contributed by atoms with Crippen LogP contribution in [0.15, 0.2) is 40.9 Å². The minimum atomic E-state index is -0.257. The molecule has 1 atom stereocenters. The number of aryl methyl sites for hydroxylation is 1. The van der Waals surface area contributed by atoms with Crippen LogP contribution >= 0.6 is 15.9 Å². The van der Waals surface area contributed by atoms with Gasteiger partial charge in [0.15, 0.2) is 0 Å². The second-order valence-electron chi connectivity index (χ2n) is 5.94. The van der Waals surface area contributed by atoms with Gasteiger partial charge in [-0.2, -0.15) is 0 Å². The van der Waals surface area contributed by atoms with E-state index in [1.54, 1.807) is 14.0 Å². The number of benzene rings is 2. The lowest BCUT2D eigenvalue weighted by molar-refractivity contribution is -0.142. The Morgan fingerprint density at radius 2 is 2.08 bits per heavy atom. The summed E-state index contributed by atoms with van der Waals surface area (Å²) in [4.78, 5) is 11.9. The van der Waals surface area contributed by atoms with Gasteiger partial charge in [-0.15, -0.1) is 0 Å². The van der Waals surface area contributed by atoms with E-state index in [4.69, 9.17) is 14.2 Å². The van der Waals surface area contributed by atoms with Crippen LogP contribution in [-0.4, -0.2) is 19.7 Å². The maximum Gasteiger partial charge on any atom is 0.310 e. The summed E-state index contributed by atoms with van der Waals surface area (Å²) in [7, 11) is 1.62. The van der Waals surface area contributed by atoms with Crippen molar-refractivity contribution in [1.29, 1.82) is 0 Å². The van der Waals surface area contributed by atoms with Crippen molar-refractivity contribution in [2.45, 2.75) is 32.3 Å². The zero-order valence-electron chi connectivity index (χ0n) is 14.4. The molecular weight excluding hydrogens is 384 g/mol. The molecule has 2 aromatic rings. The van der Waals surface area contributed by atoms with Gasteiger partial charge < -0.3 is 14.2 Å². The number of ether oxygens (including phenoxy) is 3. The molecule has 2 aromatic carbocycles. The third-order valence-corrected chi connectivity index (χ3v) is 4.81. The van der Waals surface area contributed by atoms with Gasteiger partial charge in [0.1, 0.15) is 17.6 Å². The number of carbonyl (C=O) groups excluding carboxylic acids is 1. The van der Waals surface area contributed by atoms with Gasteiger partial charge in [0, 0.05) is 16.1 Å². The van der Waals surface area contributed by atoms with E-state index in [9.17, 15) is 4.79 Å². The second-order valence-corrected chi connectivity index (χ2v) is 6.86. The van der Waals surface area contributed by atoms with Crippen LogP contribution < -0.4 is 9.47 Å². The normalized spacial score (nSPS) is 15.6. The summed E-state index contributed by atoms with van der Waals surface area (Å²) in [5.74, 6) is 1.12. The van der Waals surface area contributed by atoms with Gasteiger partial charge in [-0.1, -0.05) is 28.1 Å². The van der Waals surface area contributed by atoms with Gasteiger partial charge in [0.05, 0.1) is 20.1 Å². The highest BCUT2D eigenvalue weighted by atomic mass is 79.9. The van der Waals surface area contributed by atoms with Gasteiger partial charge in [0.2, 0.25) is 0 Å². The number of esters is 1. The van der Waals surface area contributed by atoms with Crippen LogP contribution in [0.4, 0.5) is 0 Å². The highest BCUT2D eigenvalue weighted by Crippen LogP contribution is 2.38. The fourth-order valence-electron chi connectivity index (χ4n) is 3.10. The summed E-state index contributed by atoms with van der Waals surface area (Å²) >= 11 is 3.53. The number of rotatable bonds is 6.